The van der Waals surface area contributed by atoms with Crippen molar-refractivity contribution >= 4 is 56.7 Å². The normalized spacial score (nSPS) is 19.7. The second kappa shape index (κ2) is 26.0. The van der Waals surface area contributed by atoms with E-state index in [0.29, 0.717) is 66.1 Å². The number of aryl methyl sites for hydroxylation is 1. The van der Waals surface area contributed by atoms with E-state index < -0.39 is 11.6 Å². The van der Waals surface area contributed by atoms with E-state index in [1.807, 2.05) is 43.3 Å². The molecule has 0 spiro atoms. The Hall–Kier alpha value is -6.77. The number of nitrogens with one attached hydrogen (secondary N) is 2. The first-order valence-corrected chi connectivity index (χ1v) is 27.0. The lowest BCUT2D eigenvalue weighted by Gasteiger charge is -2.48. The topological polar surface area (TPSA) is 163 Å². The molecule has 5 heterocycles. The van der Waals surface area contributed by atoms with Crippen molar-refractivity contribution in [2.24, 2.45) is 24.1 Å². The number of carbonyl (C=O) groups is 1. The van der Waals surface area contributed by atoms with Gasteiger partial charge in [-0.25, -0.2) is 8.78 Å². The number of hydrogen-bond donors (Lipinski definition) is 4. The summed E-state index contributed by atoms with van der Waals surface area (Å²) in [5, 5.41) is 25.2. The van der Waals surface area contributed by atoms with E-state index in [1.165, 1.54) is 6.07 Å². The van der Waals surface area contributed by atoms with Crippen LogP contribution in [0, 0.1) is 35.3 Å². The van der Waals surface area contributed by atoms with Crippen LogP contribution in [0.2, 0.25) is 0 Å². The van der Waals surface area contributed by atoms with E-state index in [1.54, 1.807) is 30.5 Å². The van der Waals surface area contributed by atoms with Gasteiger partial charge in [0, 0.05) is 94.2 Å². The largest absolute Gasteiger partial charge is 0.461 e. The number of fused-ring (bicyclic) bond motifs is 4. The Morgan fingerprint density at radius 3 is 2.58 bits per heavy atom. The molecule has 2 unspecified atom stereocenters. The number of terminal acetylenes is 1. The van der Waals surface area contributed by atoms with Crippen molar-refractivity contribution in [1.29, 1.82) is 0 Å². The summed E-state index contributed by atoms with van der Waals surface area (Å²) in [4.78, 5) is 29.1. The van der Waals surface area contributed by atoms with Crippen LogP contribution in [0.25, 0.3) is 43.8 Å². The quantitative estimate of drug-likeness (QED) is 0.0273. The first-order chi connectivity index (χ1) is 37.2. The van der Waals surface area contributed by atoms with Crippen LogP contribution in [-0.4, -0.2) is 126 Å². The van der Waals surface area contributed by atoms with E-state index in [9.17, 15) is 5.11 Å². The van der Waals surface area contributed by atoms with Gasteiger partial charge in [-0.1, -0.05) is 54.0 Å². The number of anilines is 3. The van der Waals surface area contributed by atoms with Crippen LogP contribution in [-0.2, 0) is 11.8 Å². The van der Waals surface area contributed by atoms with Gasteiger partial charge in [-0.2, -0.15) is 15.1 Å². The first kappa shape index (κ1) is 57.9. The molecule has 0 radical (unpaired) electrons. The van der Waals surface area contributed by atoms with E-state index in [4.69, 9.17) is 36.8 Å². The van der Waals surface area contributed by atoms with Gasteiger partial charge in [-0.15, -0.1) is 19.6 Å². The Morgan fingerprint density at radius 2 is 1.87 bits per heavy atom. The van der Waals surface area contributed by atoms with Gasteiger partial charge in [-0.3, -0.25) is 14.6 Å². The maximum Gasteiger partial charge on any atom is 0.319 e. The zero-order valence-electron chi connectivity index (χ0n) is 45.9. The number of hydrogen-bond acceptors (Lipinski definition) is 13. The number of nitrogens with two attached hydrogens (primary N) is 1. The minimum Gasteiger partial charge on any atom is -0.461 e. The van der Waals surface area contributed by atoms with Crippen LogP contribution in [0.15, 0.2) is 91.7 Å². The molecule has 2 atom stereocenters. The average Bonchev–Trinajstić information content (AvgIpc) is 4.08. The van der Waals surface area contributed by atoms with Crippen molar-refractivity contribution in [2.75, 3.05) is 87.7 Å². The van der Waals surface area contributed by atoms with Crippen LogP contribution in [0.4, 0.5) is 26.1 Å². The smallest absolute Gasteiger partial charge is 0.319 e. The fourth-order valence-corrected chi connectivity index (χ4v) is 12.0. The lowest BCUT2D eigenvalue weighted by molar-refractivity contribution is -0.0980. The monoisotopic (exact) mass is 1050 g/mol. The predicted molar refractivity (Wildman–Crippen MR) is 311 cm³/mol. The zero-order chi connectivity index (χ0) is 55.4. The Labute approximate surface area is 453 Å². The van der Waals surface area contributed by atoms with Crippen molar-refractivity contribution < 1.29 is 23.4 Å². The van der Waals surface area contributed by atoms with E-state index >= 15 is 8.78 Å². The molecule has 410 valence electrons. The fraction of sp³-hybridized carbons (Fsp3) is 0.459. The van der Waals surface area contributed by atoms with Gasteiger partial charge in [0.2, 0.25) is 0 Å². The molecular formula is C61H79F2N11O3. The van der Waals surface area contributed by atoms with Gasteiger partial charge in [-0.05, 0) is 133 Å². The molecule has 0 amide bonds. The number of aliphatic hydroxyl groups is 1. The number of pyridine rings is 1. The molecule has 1 saturated carbocycles. The number of aromatic nitrogens is 5. The Morgan fingerprint density at radius 1 is 1.09 bits per heavy atom. The number of ether oxygens (including phenoxy) is 1. The number of rotatable bonds is 23. The highest BCUT2D eigenvalue weighted by molar-refractivity contribution is 6.02. The molecule has 2 aliphatic heterocycles. The summed E-state index contributed by atoms with van der Waals surface area (Å²) >= 11 is 0. The number of carbonyl (C=O) groups excluding carboxylic acids is 1. The molecule has 3 aromatic heterocycles. The van der Waals surface area contributed by atoms with Gasteiger partial charge in [0.15, 0.2) is 11.6 Å². The van der Waals surface area contributed by atoms with Crippen molar-refractivity contribution in [1.82, 2.24) is 34.9 Å². The summed E-state index contributed by atoms with van der Waals surface area (Å²) in [5.74, 6) is 3.28. The number of aliphatic hydroxyl groups excluding tert-OH is 1. The van der Waals surface area contributed by atoms with Crippen molar-refractivity contribution in [3.8, 4) is 29.6 Å². The lowest BCUT2D eigenvalue weighted by atomic mass is 9.58. The summed E-state index contributed by atoms with van der Waals surface area (Å²) in [7, 11) is 4.09. The third-order valence-corrected chi connectivity index (χ3v) is 15.7. The molecule has 1 aliphatic carbocycles. The number of nitrogens with zero attached hydrogens (tertiary/aromatic N) is 8. The van der Waals surface area contributed by atoms with Gasteiger partial charge in [0.1, 0.15) is 36.2 Å². The van der Waals surface area contributed by atoms with E-state index in [-0.39, 0.29) is 46.4 Å². The average molecular weight is 1050 g/mol. The predicted octanol–water partition coefficient (Wildman–Crippen LogP) is 9.99. The van der Waals surface area contributed by atoms with E-state index in [0.717, 1.165) is 118 Å². The number of allylic oxidation sites excluding steroid dienone is 1. The Bertz CT molecular complexity index is 3090. The van der Waals surface area contributed by atoms with E-state index in [2.05, 4.69) is 83.2 Å². The fourth-order valence-electron chi connectivity index (χ4n) is 12.0. The number of halogens is 2. The molecule has 3 aliphatic rings. The summed E-state index contributed by atoms with van der Waals surface area (Å²) in [6.45, 7) is 26.3. The highest BCUT2D eigenvalue weighted by atomic mass is 19.1. The Balaban J connectivity index is 0.00000166. The maximum atomic E-state index is 17.1. The molecule has 3 aromatic carbocycles. The molecule has 6 aromatic rings. The van der Waals surface area contributed by atoms with Crippen LogP contribution >= 0.6 is 0 Å². The summed E-state index contributed by atoms with van der Waals surface area (Å²) in [5.41, 5.74) is 10.8. The summed E-state index contributed by atoms with van der Waals surface area (Å²) < 4.78 is 40.7. The highest BCUT2D eigenvalue weighted by Crippen LogP contribution is 2.51. The van der Waals surface area contributed by atoms with Crippen LogP contribution in [0.1, 0.15) is 84.1 Å². The SMILES string of the molecule is C#Cc1c(F)ccc2cccc(-c3ncc4c(N(CC)CCCN)nc(OCC56CCC(CNCCC7(CCO)CC(CNc8ccc9c(N(C)CCC(=C)C)nn(C)c9c8)C7)N5CC(=C)C6)nc4c3F)c12.C=CC.C=O. The van der Waals surface area contributed by atoms with Crippen LogP contribution in [0.5, 0.6) is 6.01 Å². The lowest BCUT2D eigenvalue weighted by Crippen LogP contribution is -2.49. The number of benzene rings is 3. The van der Waals surface area contributed by atoms with Crippen molar-refractivity contribution in [2.45, 2.75) is 90.1 Å². The van der Waals surface area contributed by atoms with Crippen LogP contribution < -0.4 is 30.9 Å². The standard InChI is InChI=1S/C57H71F2N11O2.C3H6.CH2O/c1-8-43-47(58)17-14-40-12-10-13-45(49(40)43)51-50(59)52-46(34-63-51)53(69(9-2)25-11-23-60)65-55(64-52)72-36-57-20-18-42(70(57)35-38(5)29-57)33-61-24-21-56(22-27-71)30-39(31-56)32-62-41-15-16-44-48(28-41)68(7)66-54(44)67(6)26-19-37(3)4;1-3-2;1-2/h1,10,12-17,28,34,39,42,61-62,71H,3,5,9,11,18-27,29-33,35-36,60H2,2,4,6-7H3;3H,1H2,2H3;1H2. The molecule has 16 heteroatoms. The minimum absolute atomic E-state index is 0.0122. The van der Waals surface area contributed by atoms with Gasteiger partial charge < -0.3 is 40.8 Å². The van der Waals surface area contributed by atoms with Crippen LogP contribution in [0.3, 0.4) is 0 Å². The second-order valence-corrected chi connectivity index (χ2v) is 21.3. The minimum atomic E-state index is -0.668. The highest BCUT2D eigenvalue weighted by Gasteiger charge is 2.51. The molecule has 2 saturated heterocycles. The first-order valence-electron chi connectivity index (χ1n) is 27.0. The molecule has 9 rings (SSSR count). The third-order valence-electron chi connectivity index (χ3n) is 15.7. The maximum absolute atomic E-state index is 17.1. The zero-order valence-corrected chi connectivity index (χ0v) is 45.9. The third kappa shape index (κ3) is 12.7. The molecule has 77 heavy (non-hydrogen) atoms. The summed E-state index contributed by atoms with van der Waals surface area (Å²) in [6, 6.07) is 15.1. The molecular weight excluding hydrogens is 973 g/mol. The molecule has 5 N–H and O–H groups in total. The van der Waals surface area contributed by atoms with Gasteiger partial charge >= 0.3 is 6.01 Å². The molecule has 3 fully saturated rings. The Kier molecular flexibility index (Phi) is 19.6. The molecule has 0 bridgehead atoms. The summed E-state index contributed by atoms with van der Waals surface area (Å²) in [6.07, 6.45) is 17.5. The molecule has 14 nitrogen and oxygen atoms in total. The van der Waals surface area contributed by atoms with Gasteiger partial charge in [0.05, 0.1) is 22.0 Å². The van der Waals surface area contributed by atoms with Gasteiger partial charge in [0.25, 0.3) is 0 Å². The van der Waals surface area contributed by atoms with Crippen molar-refractivity contribution in [3.05, 3.63) is 109 Å². The second-order valence-electron chi connectivity index (χ2n) is 21.3. The van der Waals surface area contributed by atoms with Crippen molar-refractivity contribution in [3.63, 3.8) is 0 Å².